The number of nitrogens with one attached hydrogen (secondary N) is 1. The maximum Gasteiger partial charge on any atom is 0.325 e. The Hall–Kier alpha value is -3.35. The SMILES string of the molecule is COc1ccc(CC[C@]2(C)NC(=O)N([C@@H](C)C(=O)N3c4ccccc4C[C@@H]3C)C2=O)cc1. The highest BCUT2D eigenvalue weighted by Crippen LogP contribution is 2.34. The fourth-order valence-electron chi connectivity index (χ4n) is 4.63. The molecule has 0 aromatic heterocycles. The van der Waals surface area contributed by atoms with Gasteiger partial charge in [-0.3, -0.25) is 9.59 Å². The molecule has 168 valence electrons. The van der Waals surface area contributed by atoms with E-state index in [0.717, 1.165) is 33.9 Å². The Morgan fingerprint density at radius 3 is 2.56 bits per heavy atom. The van der Waals surface area contributed by atoms with Crippen LogP contribution in [0.2, 0.25) is 0 Å². The van der Waals surface area contributed by atoms with Gasteiger partial charge in [0.25, 0.3) is 5.91 Å². The van der Waals surface area contributed by atoms with E-state index < -0.39 is 17.6 Å². The average Bonchev–Trinajstić information content (AvgIpc) is 3.23. The molecular formula is C25H29N3O4. The van der Waals surface area contributed by atoms with E-state index in [4.69, 9.17) is 4.74 Å². The van der Waals surface area contributed by atoms with E-state index in [9.17, 15) is 14.4 Å². The number of ether oxygens (including phenoxy) is 1. The number of hydrogen-bond donors (Lipinski definition) is 1. The Bertz CT molecular complexity index is 1050. The van der Waals surface area contributed by atoms with Gasteiger partial charge in [-0.05, 0) is 69.4 Å². The van der Waals surface area contributed by atoms with Gasteiger partial charge in [0.1, 0.15) is 17.3 Å². The molecule has 2 aliphatic rings. The molecule has 2 heterocycles. The number of aryl methyl sites for hydroxylation is 1. The summed E-state index contributed by atoms with van der Waals surface area (Å²) in [5.74, 6) is 0.156. The molecule has 1 saturated heterocycles. The number of nitrogens with zero attached hydrogens (tertiary/aromatic N) is 2. The Morgan fingerprint density at radius 2 is 1.88 bits per heavy atom. The number of rotatable bonds is 6. The molecule has 1 fully saturated rings. The van der Waals surface area contributed by atoms with E-state index in [1.807, 2.05) is 55.5 Å². The van der Waals surface area contributed by atoms with Crippen molar-refractivity contribution in [3.05, 3.63) is 59.7 Å². The summed E-state index contributed by atoms with van der Waals surface area (Å²) < 4.78 is 5.18. The molecule has 0 aliphatic carbocycles. The van der Waals surface area contributed by atoms with Gasteiger partial charge in [-0.15, -0.1) is 0 Å². The third-order valence-corrected chi connectivity index (χ3v) is 6.55. The van der Waals surface area contributed by atoms with E-state index in [1.54, 1.807) is 25.9 Å². The zero-order chi connectivity index (χ0) is 23.0. The number of imide groups is 1. The van der Waals surface area contributed by atoms with Crippen molar-refractivity contribution >= 4 is 23.5 Å². The van der Waals surface area contributed by atoms with Crippen molar-refractivity contribution < 1.29 is 19.1 Å². The molecule has 4 rings (SSSR count). The van der Waals surface area contributed by atoms with E-state index in [0.29, 0.717) is 12.8 Å². The first-order valence-corrected chi connectivity index (χ1v) is 10.9. The molecule has 0 saturated carbocycles. The summed E-state index contributed by atoms with van der Waals surface area (Å²) in [4.78, 5) is 42.3. The second kappa shape index (κ2) is 8.30. The third kappa shape index (κ3) is 3.72. The summed E-state index contributed by atoms with van der Waals surface area (Å²) >= 11 is 0. The predicted octanol–water partition coefficient (Wildman–Crippen LogP) is 3.30. The Morgan fingerprint density at radius 1 is 1.19 bits per heavy atom. The smallest absolute Gasteiger partial charge is 0.325 e. The van der Waals surface area contributed by atoms with Gasteiger partial charge in [0.05, 0.1) is 7.11 Å². The fourth-order valence-corrected chi connectivity index (χ4v) is 4.63. The first-order chi connectivity index (χ1) is 15.2. The Balaban J connectivity index is 1.48. The first-order valence-electron chi connectivity index (χ1n) is 10.9. The van der Waals surface area contributed by atoms with E-state index in [-0.39, 0.29) is 17.9 Å². The molecule has 3 atom stereocenters. The molecule has 4 amide bonds. The lowest BCUT2D eigenvalue weighted by Crippen LogP contribution is -2.52. The van der Waals surface area contributed by atoms with E-state index >= 15 is 0 Å². The molecule has 7 heteroatoms. The van der Waals surface area contributed by atoms with Crippen LogP contribution < -0.4 is 15.0 Å². The van der Waals surface area contributed by atoms with Crippen LogP contribution in [0.15, 0.2) is 48.5 Å². The van der Waals surface area contributed by atoms with Crippen LogP contribution in [0.25, 0.3) is 0 Å². The van der Waals surface area contributed by atoms with Crippen LogP contribution in [0.5, 0.6) is 5.75 Å². The van der Waals surface area contributed by atoms with Crippen LogP contribution in [0.1, 0.15) is 38.3 Å². The maximum absolute atomic E-state index is 13.4. The monoisotopic (exact) mass is 435 g/mol. The maximum atomic E-state index is 13.4. The zero-order valence-electron chi connectivity index (χ0n) is 18.9. The minimum absolute atomic E-state index is 0.0235. The number of urea groups is 1. The average molecular weight is 436 g/mol. The van der Waals surface area contributed by atoms with Gasteiger partial charge in [-0.1, -0.05) is 30.3 Å². The molecule has 2 aromatic carbocycles. The van der Waals surface area contributed by atoms with Crippen LogP contribution in [-0.2, 0) is 22.4 Å². The van der Waals surface area contributed by atoms with Crippen molar-refractivity contribution in [2.75, 3.05) is 12.0 Å². The number of carbonyl (C=O) groups is 3. The van der Waals surface area contributed by atoms with Crippen LogP contribution in [0.4, 0.5) is 10.5 Å². The molecule has 0 radical (unpaired) electrons. The number of benzene rings is 2. The highest BCUT2D eigenvalue weighted by Gasteiger charge is 2.51. The number of fused-ring (bicyclic) bond motifs is 1. The van der Waals surface area contributed by atoms with E-state index in [1.165, 1.54) is 0 Å². The van der Waals surface area contributed by atoms with Crippen LogP contribution in [-0.4, -0.2) is 47.5 Å². The van der Waals surface area contributed by atoms with Gasteiger partial charge in [-0.2, -0.15) is 0 Å². The van der Waals surface area contributed by atoms with Gasteiger partial charge < -0.3 is 15.0 Å². The summed E-state index contributed by atoms with van der Waals surface area (Å²) in [7, 11) is 1.61. The number of methoxy groups -OCH3 is 1. The minimum atomic E-state index is -1.06. The van der Waals surface area contributed by atoms with Crippen LogP contribution in [0, 0.1) is 0 Å². The van der Waals surface area contributed by atoms with Crippen molar-refractivity contribution in [3.8, 4) is 5.75 Å². The second-order valence-electron chi connectivity index (χ2n) is 8.85. The largest absolute Gasteiger partial charge is 0.497 e. The topological polar surface area (TPSA) is 79.0 Å². The van der Waals surface area contributed by atoms with Gasteiger partial charge in [0.15, 0.2) is 0 Å². The van der Waals surface area contributed by atoms with Crippen molar-refractivity contribution in [2.45, 2.75) is 57.7 Å². The number of amides is 4. The molecule has 1 N–H and O–H groups in total. The highest BCUT2D eigenvalue weighted by molar-refractivity contribution is 6.11. The summed E-state index contributed by atoms with van der Waals surface area (Å²) in [5, 5.41) is 2.82. The zero-order valence-corrected chi connectivity index (χ0v) is 18.9. The number of para-hydroxylation sites is 1. The molecule has 7 nitrogen and oxygen atoms in total. The van der Waals surface area contributed by atoms with Crippen molar-refractivity contribution in [1.29, 1.82) is 0 Å². The molecule has 2 aliphatic heterocycles. The first kappa shape index (κ1) is 21.9. The lowest BCUT2D eigenvalue weighted by molar-refractivity contribution is -0.136. The van der Waals surface area contributed by atoms with Gasteiger partial charge >= 0.3 is 6.03 Å². The molecule has 2 aromatic rings. The summed E-state index contributed by atoms with van der Waals surface area (Å²) in [6, 6.07) is 14.0. The summed E-state index contributed by atoms with van der Waals surface area (Å²) in [5.41, 5.74) is 1.94. The Labute approximate surface area is 188 Å². The molecule has 0 bridgehead atoms. The second-order valence-corrected chi connectivity index (χ2v) is 8.85. The molecule has 0 unspecified atom stereocenters. The van der Waals surface area contributed by atoms with Crippen molar-refractivity contribution in [3.63, 3.8) is 0 Å². The highest BCUT2D eigenvalue weighted by atomic mass is 16.5. The van der Waals surface area contributed by atoms with Crippen LogP contribution in [0.3, 0.4) is 0 Å². The summed E-state index contributed by atoms with van der Waals surface area (Å²) in [6.07, 6.45) is 1.80. The predicted molar refractivity (Wildman–Crippen MR) is 122 cm³/mol. The van der Waals surface area contributed by atoms with Gasteiger partial charge in [-0.25, -0.2) is 9.69 Å². The lowest BCUT2D eigenvalue weighted by atomic mass is 9.93. The van der Waals surface area contributed by atoms with Crippen molar-refractivity contribution in [2.24, 2.45) is 0 Å². The number of hydrogen-bond acceptors (Lipinski definition) is 4. The number of carbonyl (C=O) groups excluding carboxylic acids is 3. The quantitative estimate of drug-likeness (QED) is 0.706. The normalized spacial score (nSPS) is 23.2. The molecule has 0 spiro atoms. The fraction of sp³-hybridized carbons (Fsp3) is 0.400. The molecular weight excluding hydrogens is 406 g/mol. The molecule has 32 heavy (non-hydrogen) atoms. The van der Waals surface area contributed by atoms with Crippen LogP contribution >= 0.6 is 0 Å². The van der Waals surface area contributed by atoms with E-state index in [2.05, 4.69) is 5.32 Å². The summed E-state index contributed by atoms with van der Waals surface area (Å²) in [6.45, 7) is 5.33. The van der Waals surface area contributed by atoms with Gasteiger partial charge in [0.2, 0.25) is 5.91 Å². The van der Waals surface area contributed by atoms with Crippen molar-refractivity contribution in [1.82, 2.24) is 10.2 Å². The Kier molecular flexibility index (Phi) is 5.67. The third-order valence-electron chi connectivity index (χ3n) is 6.55. The number of anilines is 1. The standard InChI is InChI=1S/C25H29N3O4/c1-16-15-19-7-5-6-8-21(19)27(16)22(29)17(2)28-23(30)25(3,26-24(28)31)14-13-18-9-11-20(32-4)12-10-18/h5-12,16-17H,13-15H2,1-4H3,(H,26,31)/t16-,17-,25-/m0/s1. The van der Waals surface area contributed by atoms with Gasteiger partial charge in [0, 0.05) is 11.7 Å². The lowest BCUT2D eigenvalue weighted by Gasteiger charge is -2.30. The minimum Gasteiger partial charge on any atom is -0.497 e.